The van der Waals surface area contributed by atoms with E-state index in [2.05, 4.69) is 10.3 Å². The summed E-state index contributed by atoms with van der Waals surface area (Å²) >= 11 is 0.956. The van der Waals surface area contributed by atoms with Crippen molar-refractivity contribution in [1.29, 1.82) is 0 Å². The van der Waals surface area contributed by atoms with Gasteiger partial charge in [0, 0.05) is 12.1 Å². The molecule has 1 aromatic heterocycles. The number of aryl methyl sites for hydroxylation is 1. The maximum Gasteiger partial charge on any atom is 0.227 e. The summed E-state index contributed by atoms with van der Waals surface area (Å²) < 4.78 is 10.9. The van der Waals surface area contributed by atoms with Crippen LogP contribution in [0.15, 0.2) is 18.2 Å². The van der Waals surface area contributed by atoms with E-state index in [1.54, 1.807) is 20.1 Å². The quantitative estimate of drug-likeness (QED) is 0.753. The fourth-order valence-corrected chi connectivity index (χ4v) is 3.18. The predicted molar refractivity (Wildman–Crippen MR) is 90.9 cm³/mol. The number of ether oxygens (including phenoxy) is 2. The van der Waals surface area contributed by atoms with Gasteiger partial charge in [-0.05, 0) is 19.9 Å². The number of nitrogens with zero attached hydrogens (tertiary/aromatic N) is 1. The number of thiazole rings is 1. The molecule has 1 amide bonds. The summed E-state index contributed by atoms with van der Waals surface area (Å²) in [6, 6.07) is 5.45. The summed E-state index contributed by atoms with van der Waals surface area (Å²) in [6.45, 7) is 4.19. The highest BCUT2D eigenvalue weighted by molar-refractivity contribution is 7.13. The molecule has 0 aliphatic carbocycles. The van der Waals surface area contributed by atoms with Crippen LogP contribution in [0, 0.1) is 6.92 Å². The molecule has 8 heteroatoms. The van der Waals surface area contributed by atoms with Gasteiger partial charge in [-0.25, -0.2) is 4.98 Å². The lowest BCUT2D eigenvalue weighted by Gasteiger charge is -2.14. The maximum absolute atomic E-state index is 12.1. The Morgan fingerprint density at radius 3 is 2.72 bits per heavy atom. The third-order valence-electron chi connectivity index (χ3n) is 3.38. The van der Waals surface area contributed by atoms with Crippen molar-refractivity contribution in [3.05, 3.63) is 39.3 Å². The van der Waals surface area contributed by atoms with Gasteiger partial charge in [0.25, 0.3) is 0 Å². The van der Waals surface area contributed by atoms with E-state index >= 15 is 0 Å². The van der Waals surface area contributed by atoms with E-state index in [0.29, 0.717) is 28.8 Å². The number of methoxy groups -OCH3 is 1. The second-order valence-electron chi connectivity index (χ2n) is 5.14. The minimum Gasteiger partial charge on any atom is -0.544 e. The molecule has 1 heterocycles. The van der Waals surface area contributed by atoms with Crippen LogP contribution in [0.2, 0.25) is 0 Å². The Hall–Kier alpha value is -2.61. The Morgan fingerprint density at radius 2 is 2.12 bits per heavy atom. The number of carbonyl (C=O) groups excluding carboxylic acids is 2. The summed E-state index contributed by atoms with van der Waals surface area (Å²) in [5.41, 5.74) is 1.15. The average Bonchev–Trinajstić information content (AvgIpc) is 2.94. The van der Waals surface area contributed by atoms with Crippen LogP contribution < -0.4 is 19.9 Å². The van der Waals surface area contributed by atoms with Crippen LogP contribution in [0.3, 0.4) is 0 Å². The molecule has 0 saturated heterocycles. The number of benzene rings is 1. The minimum absolute atomic E-state index is 0.00667. The molecule has 7 nitrogen and oxygen atoms in total. The van der Waals surface area contributed by atoms with E-state index in [0.717, 1.165) is 16.9 Å². The van der Waals surface area contributed by atoms with Crippen LogP contribution >= 0.6 is 11.3 Å². The molecule has 0 aliphatic rings. The molecule has 1 N–H and O–H groups in total. The van der Waals surface area contributed by atoms with Crippen LogP contribution in [-0.2, 0) is 17.8 Å². The highest BCUT2D eigenvalue weighted by atomic mass is 32.1. The molecule has 25 heavy (non-hydrogen) atoms. The van der Waals surface area contributed by atoms with E-state index in [-0.39, 0.29) is 23.7 Å². The fourth-order valence-electron chi connectivity index (χ4n) is 2.28. The van der Waals surface area contributed by atoms with E-state index in [9.17, 15) is 14.7 Å². The van der Waals surface area contributed by atoms with E-state index < -0.39 is 5.97 Å². The number of aromatic nitrogens is 1. The van der Waals surface area contributed by atoms with Crippen molar-refractivity contribution in [2.24, 2.45) is 0 Å². The van der Waals surface area contributed by atoms with Gasteiger partial charge >= 0.3 is 0 Å². The van der Waals surface area contributed by atoms with Crippen LogP contribution in [0.25, 0.3) is 0 Å². The standard InChI is InChI=1S/C17H20N2O5S/c1-4-24-15-11(6-5-7-12(15)23-3)9-18-13(20)8-14-19-10(2)16(25-14)17(21)22/h5-7H,4,8-9H2,1-3H3,(H,18,20)(H,21,22)/p-1. The Labute approximate surface area is 149 Å². The van der Waals surface area contributed by atoms with Gasteiger partial charge in [-0.2, -0.15) is 0 Å². The number of carboxylic acids is 1. The van der Waals surface area contributed by atoms with Crippen molar-refractivity contribution in [3.63, 3.8) is 0 Å². The lowest BCUT2D eigenvalue weighted by molar-refractivity contribution is -0.254. The van der Waals surface area contributed by atoms with Crippen LogP contribution in [0.4, 0.5) is 0 Å². The minimum atomic E-state index is -1.28. The molecule has 0 saturated carbocycles. The van der Waals surface area contributed by atoms with Gasteiger partial charge in [0.2, 0.25) is 5.91 Å². The zero-order valence-corrected chi connectivity index (χ0v) is 15.1. The van der Waals surface area contributed by atoms with Crippen LogP contribution in [-0.4, -0.2) is 30.6 Å². The molecule has 0 unspecified atom stereocenters. The van der Waals surface area contributed by atoms with Gasteiger partial charge in [-0.15, -0.1) is 11.3 Å². The Balaban J connectivity index is 2.03. The Bertz CT molecular complexity index is 772. The zero-order valence-electron chi connectivity index (χ0n) is 14.3. The van der Waals surface area contributed by atoms with E-state index in [1.165, 1.54) is 0 Å². The van der Waals surface area contributed by atoms with E-state index in [4.69, 9.17) is 9.47 Å². The second-order valence-corrected chi connectivity index (χ2v) is 6.23. The van der Waals surface area contributed by atoms with Crippen molar-refractivity contribution in [2.45, 2.75) is 26.8 Å². The summed E-state index contributed by atoms with van der Waals surface area (Å²) in [6.07, 6.45) is 0.00667. The molecular formula is C17H19N2O5S-. The average molecular weight is 363 g/mol. The largest absolute Gasteiger partial charge is 0.544 e. The molecule has 0 radical (unpaired) electrons. The molecule has 0 aliphatic heterocycles. The van der Waals surface area contributed by atoms with Crippen molar-refractivity contribution in [3.8, 4) is 11.5 Å². The highest BCUT2D eigenvalue weighted by Gasteiger charge is 2.14. The SMILES string of the molecule is CCOc1c(CNC(=O)Cc2nc(C)c(C(=O)[O-])s2)cccc1OC. The molecule has 0 fully saturated rings. The third kappa shape index (κ3) is 4.69. The van der Waals surface area contributed by atoms with Gasteiger partial charge < -0.3 is 24.7 Å². The van der Waals surface area contributed by atoms with Crippen molar-refractivity contribution in [2.75, 3.05) is 13.7 Å². The number of aromatic carboxylic acids is 1. The van der Waals surface area contributed by atoms with Crippen molar-refractivity contribution >= 4 is 23.2 Å². The molecule has 0 bridgehead atoms. The van der Waals surface area contributed by atoms with Crippen molar-refractivity contribution < 1.29 is 24.2 Å². The fraction of sp³-hybridized carbons (Fsp3) is 0.353. The summed E-state index contributed by atoms with van der Waals surface area (Å²) in [5, 5.41) is 14.1. The first-order valence-electron chi connectivity index (χ1n) is 7.69. The highest BCUT2D eigenvalue weighted by Crippen LogP contribution is 2.31. The number of rotatable bonds is 8. The maximum atomic E-state index is 12.1. The summed E-state index contributed by atoms with van der Waals surface area (Å²) in [4.78, 5) is 27.2. The topological polar surface area (TPSA) is 101 Å². The Morgan fingerprint density at radius 1 is 1.36 bits per heavy atom. The number of hydrogen-bond donors (Lipinski definition) is 1. The summed E-state index contributed by atoms with van der Waals surface area (Å²) in [5.74, 6) is -0.344. The van der Waals surface area contributed by atoms with Gasteiger partial charge in [-0.3, -0.25) is 4.79 Å². The summed E-state index contributed by atoms with van der Waals surface area (Å²) in [7, 11) is 1.56. The van der Waals surface area contributed by atoms with E-state index in [1.807, 2.05) is 19.1 Å². The first-order chi connectivity index (χ1) is 12.0. The number of hydrogen-bond acceptors (Lipinski definition) is 7. The zero-order chi connectivity index (χ0) is 18.4. The predicted octanol–water partition coefficient (Wildman–Crippen LogP) is 1.08. The molecular weight excluding hydrogens is 344 g/mol. The molecule has 1 aromatic carbocycles. The van der Waals surface area contributed by atoms with Gasteiger partial charge in [-0.1, -0.05) is 12.1 Å². The lowest BCUT2D eigenvalue weighted by atomic mass is 10.2. The van der Waals surface area contributed by atoms with Crippen molar-refractivity contribution in [1.82, 2.24) is 10.3 Å². The normalized spacial score (nSPS) is 10.4. The molecule has 2 rings (SSSR count). The second kappa shape index (κ2) is 8.48. The lowest BCUT2D eigenvalue weighted by Crippen LogP contribution is -2.25. The number of para-hydroxylation sites is 1. The smallest absolute Gasteiger partial charge is 0.227 e. The van der Waals surface area contributed by atoms with Gasteiger partial charge in [0.1, 0.15) is 5.01 Å². The van der Waals surface area contributed by atoms with Crippen LogP contribution in [0.5, 0.6) is 11.5 Å². The molecule has 134 valence electrons. The number of nitrogens with one attached hydrogen (secondary N) is 1. The molecule has 2 aromatic rings. The van der Waals surface area contributed by atoms with Gasteiger partial charge in [0.05, 0.1) is 36.7 Å². The first kappa shape index (κ1) is 18.7. The third-order valence-corrected chi connectivity index (χ3v) is 4.52. The van der Waals surface area contributed by atoms with Gasteiger partial charge in [0.15, 0.2) is 11.5 Å². The first-order valence-corrected chi connectivity index (χ1v) is 8.50. The van der Waals surface area contributed by atoms with Crippen LogP contribution in [0.1, 0.15) is 32.9 Å². The molecule has 0 spiro atoms. The number of carboxylic acid groups (broad SMARTS) is 1. The Kier molecular flexibility index (Phi) is 6.35. The number of amides is 1. The monoisotopic (exact) mass is 363 g/mol. The number of carbonyl (C=O) groups is 2. The molecule has 0 atom stereocenters.